The number of amides is 2. The standard InChI is InChI=1S/C22H18N6O2/c29-21-12-16(13-27(21)20-7-3-5-15-4-1-2-6-19(15)20)22(30)24-17-8-10-18(11-9-17)28-14-23-25-26-28/h1-11,14,16H,12-13H2,(H,24,30). The first-order chi connectivity index (χ1) is 14.7. The Morgan fingerprint density at radius 1 is 1.00 bits per heavy atom. The van der Waals surface area contributed by atoms with Crippen molar-refractivity contribution in [2.75, 3.05) is 16.8 Å². The summed E-state index contributed by atoms with van der Waals surface area (Å²) < 4.78 is 1.53. The van der Waals surface area contributed by atoms with Crippen LogP contribution in [-0.2, 0) is 9.59 Å². The van der Waals surface area contributed by atoms with Crippen LogP contribution in [0.25, 0.3) is 16.5 Å². The third-order valence-corrected chi connectivity index (χ3v) is 5.30. The fourth-order valence-corrected chi connectivity index (χ4v) is 3.78. The Morgan fingerprint density at radius 3 is 2.60 bits per heavy atom. The number of rotatable bonds is 4. The summed E-state index contributed by atoms with van der Waals surface area (Å²) in [6.07, 6.45) is 1.69. The fourth-order valence-electron chi connectivity index (χ4n) is 3.78. The molecule has 2 heterocycles. The van der Waals surface area contributed by atoms with Crippen LogP contribution in [0.1, 0.15) is 6.42 Å². The molecule has 0 radical (unpaired) electrons. The molecule has 1 aliphatic heterocycles. The van der Waals surface area contributed by atoms with Gasteiger partial charge in [-0.1, -0.05) is 36.4 Å². The van der Waals surface area contributed by atoms with E-state index in [0.29, 0.717) is 12.2 Å². The smallest absolute Gasteiger partial charge is 0.229 e. The number of hydrogen-bond acceptors (Lipinski definition) is 5. The van der Waals surface area contributed by atoms with Crippen LogP contribution in [0.5, 0.6) is 0 Å². The van der Waals surface area contributed by atoms with E-state index < -0.39 is 5.92 Å². The maximum absolute atomic E-state index is 12.8. The summed E-state index contributed by atoms with van der Waals surface area (Å²) in [6.45, 7) is 0.362. The first-order valence-corrected chi connectivity index (χ1v) is 9.61. The molecule has 4 aromatic rings. The maximum atomic E-state index is 12.8. The maximum Gasteiger partial charge on any atom is 0.229 e. The van der Waals surface area contributed by atoms with Gasteiger partial charge in [0.25, 0.3) is 0 Å². The molecule has 1 atom stereocenters. The van der Waals surface area contributed by atoms with Gasteiger partial charge in [0.05, 0.1) is 17.3 Å². The van der Waals surface area contributed by atoms with Gasteiger partial charge in [0.1, 0.15) is 6.33 Å². The van der Waals surface area contributed by atoms with Crippen LogP contribution in [0.15, 0.2) is 73.1 Å². The van der Waals surface area contributed by atoms with Crippen molar-refractivity contribution in [2.24, 2.45) is 5.92 Å². The number of nitrogens with zero attached hydrogens (tertiary/aromatic N) is 5. The molecule has 8 nitrogen and oxygen atoms in total. The predicted octanol–water partition coefficient (Wildman–Crippen LogP) is 2.81. The minimum absolute atomic E-state index is 0.0412. The summed E-state index contributed by atoms with van der Waals surface area (Å²) >= 11 is 0. The van der Waals surface area contributed by atoms with Gasteiger partial charge in [0.2, 0.25) is 11.8 Å². The molecule has 1 saturated heterocycles. The molecule has 1 N–H and O–H groups in total. The molecule has 0 bridgehead atoms. The van der Waals surface area contributed by atoms with Crippen LogP contribution in [0, 0.1) is 5.92 Å². The SMILES string of the molecule is O=C(Nc1ccc(-n2cnnn2)cc1)C1CC(=O)N(c2cccc3ccccc23)C1. The number of tetrazole rings is 1. The Balaban J connectivity index is 1.31. The molecular weight excluding hydrogens is 380 g/mol. The molecule has 0 saturated carbocycles. The van der Waals surface area contributed by atoms with E-state index in [1.807, 2.05) is 54.6 Å². The van der Waals surface area contributed by atoms with E-state index in [1.165, 1.54) is 11.0 Å². The molecule has 1 unspecified atom stereocenters. The third kappa shape index (κ3) is 3.28. The molecule has 148 valence electrons. The molecule has 0 aliphatic carbocycles. The number of aromatic nitrogens is 4. The Bertz CT molecular complexity index is 1210. The number of anilines is 2. The van der Waals surface area contributed by atoms with Crippen LogP contribution < -0.4 is 10.2 Å². The van der Waals surface area contributed by atoms with Gasteiger partial charge >= 0.3 is 0 Å². The molecule has 0 spiro atoms. The zero-order valence-electron chi connectivity index (χ0n) is 16.0. The number of carbonyl (C=O) groups excluding carboxylic acids is 2. The summed E-state index contributed by atoms with van der Waals surface area (Å²) in [5.74, 6) is -0.613. The minimum atomic E-state index is -0.407. The lowest BCUT2D eigenvalue weighted by Gasteiger charge is -2.19. The first-order valence-electron chi connectivity index (χ1n) is 9.61. The largest absolute Gasteiger partial charge is 0.326 e. The monoisotopic (exact) mass is 398 g/mol. The van der Waals surface area contributed by atoms with E-state index in [9.17, 15) is 9.59 Å². The second-order valence-corrected chi connectivity index (χ2v) is 7.19. The molecule has 1 fully saturated rings. The van der Waals surface area contributed by atoms with Crippen LogP contribution in [0.4, 0.5) is 11.4 Å². The molecule has 30 heavy (non-hydrogen) atoms. The second kappa shape index (κ2) is 7.40. The Morgan fingerprint density at radius 2 is 1.80 bits per heavy atom. The number of hydrogen-bond donors (Lipinski definition) is 1. The highest BCUT2D eigenvalue weighted by Gasteiger charge is 2.35. The van der Waals surface area contributed by atoms with Crippen LogP contribution in [0.3, 0.4) is 0 Å². The highest BCUT2D eigenvalue weighted by atomic mass is 16.2. The quantitative estimate of drug-likeness (QED) is 0.571. The predicted molar refractivity (Wildman–Crippen MR) is 112 cm³/mol. The Labute approximate surface area is 172 Å². The average Bonchev–Trinajstić information content (AvgIpc) is 3.44. The Hall–Kier alpha value is -4.07. The lowest BCUT2D eigenvalue weighted by atomic mass is 10.1. The zero-order chi connectivity index (χ0) is 20.5. The first kappa shape index (κ1) is 18.0. The highest BCUT2D eigenvalue weighted by molar-refractivity contribution is 6.08. The highest BCUT2D eigenvalue weighted by Crippen LogP contribution is 2.32. The van der Waals surface area contributed by atoms with Crippen molar-refractivity contribution in [3.63, 3.8) is 0 Å². The van der Waals surface area contributed by atoms with Crippen molar-refractivity contribution < 1.29 is 9.59 Å². The van der Waals surface area contributed by atoms with E-state index in [0.717, 1.165) is 22.1 Å². The summed E-state index contributed by atoms with van der Waals surface area (Å²) in [4.78, 5) is 27.2. The summed E-state index contributed by atoms with van der Waals surface area (Å²) in [5, 5.41) is 16.0. The van der Waals surface area contributed by atoms with Crippen molar-refractivity contribution in [1.29, 1.82) is 0 Å². The second-order valence-electron chi connectivity index (χ2n) is 7.19. The molecule has 5 rings (SSSR count). The van der Waals surface area contributed by atoms with Crippen LogP contribution >= 0.6 is 0 Å². The van der Waals surface area contributed by atoms with E-state index in [2.05, 4.69) is 20.8 Å². The van der Waals surface area contributed by atoms with Gasteiger partial charge < -0.3 is 10.2 Å². The van der Waals surface area contributed by atoms with Crippen molar-refractivity contribution in [1.82, 2.24) is 20.2 Å². The van der Waals surface area contributed by atoms with E-state index in [-0.39, 0.29) is 18.2 Å². The lowest BCUT2D eigenvalue weighted by molar-refractivity contribution is -0.122. The van der Waals surface area contributed by atoms with Crippen molar-refractivity contribution in [3.05, 3.63) is 73.1 Å². The lowest BCUT2D eigenvalue weighted by Crippen LogP contribution is -2.28. The summed E-state index contributed by atoms with van der Waals surface area (Å²) in [5.41, 5.74) is 2.29. The fraction of sp³-hybridized carbons (Fsp3) is 0.136. The number of carbonyl (C=O) groups is 2. The van der Waals surface area contributed by atoms with Crippen molar-refractivity contribution in [3.8, 4) is 5.69 Å². The van der Waals surface area contributed by atoms with Gasteiger partial charge in [0.15, 0.2) is 0 Å². The molecule has 2 amide bonds. The summed E-state index contributed by atoms with van der Waals surface area (Å²) in [6, 6.07) is 21.0. The molecule has 1 aliphatic rings. The topological polar surface area (TPSA) is 93.0 Å². The Kier molecular flexibility index (Phi) is 4.44. The average molecular weight is 398 g/mol. The molecule has 1 aromatic heterocycles. The van der Waals surface area contributed by atoms with E-state index in [4.69, 9.17) is 0 Å². The van der Waals surface area contributed by atoms with E-state index >= 15 is 0 Å². The summed E-state index contributed by atoms with van der Waals surface area (Å²) in [7, 11) is 0. The number of nitrogens with one attached hydrogen (secondary N) is 1. The van der Waals surface area contributed by atoms with Crippen molar-refractivity contribution in [2.45, 2.75) is 6.42 Å². The van der Waals surface area contributed by atoms with Gasteiger partial charge in [-0.2, -0.15) is 0 Å². The third-order valence-electron chi connectivity index (χ3n) is 5.30. The minimum Gasteiger partial charge on any atom is -0.326 e. The molecule has 8 heteroatoms. The molecule has 3 aromatic carbocycles. The van der Waals surface area contributed by atoms with Crippen LogP contribution in [-0.4, -0.2) is 38.6 Å². The van der Waals surface area contributed by atoms with Gasteiger partial charge in [-0.25, -0.2) is 4.68 Å². The van der Waals surface area contributed by atoms with Gasteiger partial charge in [-0.3, -0.25) is 9.59 Å². The van der Waals surface area contributed by atoms with Gasteiger partial charge in [-0.05, 0) is 46.1 Å². The number of benzene rings is 3. The van der Waals surface area contributed by atoms with Gasteiger partial charge in [-0.15, -0.1) is 5.10 Å². The number of fused-ring (bicyclic) bond motifs is 1. The van der Waals surface area contributed by atoms with Crippen molar-refractivity contribution >= 4 is 34.0 Å². The van der Waals surface area contributed by atoms with Crippen LogP contribution in [0.2, 0.25) is 0 Å². The normalized spacial score (nSPS) is 16.2. The van der Waals surface area contributed by atoms with E-state index in [1.54, 1.807) is 17.0 Å². The zero-order valence-corrected chi connectivity index (χ0v) is 16.0. The molecular formula is C22H18N6O2. The van der Waals surface area contributed by atoms with Gasteiger partial charge in [0, 0.05) is 24.0 Å².